The van der Waals surface area contributed by atoms with Crippen LogP contribution in [-0.4, -0.2) is 40.8 Å². The van der Waals surface area contributed by atoms with Crippen LogP contribution in [0.1, 0.15) is 11.1 Å². The Morgan fingerprint density at radius 2 is 1.72 bits per heavy atom. The lowest BCUT2D eigenvalue weighted by Crippen LogP contribution is -2.32. The minimum atomic E-state index is -0.176. The predicted octanol–water partition coefficient (Wildman–Crippen LogP) is 2.84. The number of hydrogen-bond acceptors (Lipinski definition) is 7. The SMILES string of the molecule is Cc1ccc(Nc2ccc(NCCNC(=O)COc3cccc(C)c3)nn2)nc1. The van der Waals surface area contributed by atoms with Crippen molar-refractivity contribution in [3.63, 3.8) is 0 Å². The van der Waals surface area contributed by atoms with Crippen molar-refractivity contribution in [2.24, 2.45) is 0 Å². The summed E-state index contributed by atoms with van der Waals surface area (Å²) in [5.41, 5.74) is 2.18. The molecule has 0 aliphatic rings. The molecule has 8 heteroatoms. The number of hydrogen-bond donors (Lipinski definition) is 3. The van der Waals surface area contributed by atoms with Crippen LogP contribution in [0.2, 0.25) is 0 Å². The molecule has 0 unspecified atom stereocenters. The van der Waals surface area contributed by atoms with Crippen LogP contribution in [0.15, 0.2) is 54.7 Å². The smallest absolute Gasteiger partial charge is 0.258 e. The number of ether oxygens (including phenoxy) is 1. The number of pyridine rings is 1. The molecular formula is C21H24N6O2. The van der Waals surface area contributed by atoms with E-state index in [0.29, 0.717) is 36.3 Å². The highest BCUT2D eigenvalue weighted by molar-refractivity contribution is 5.77. The molecule has 150 valence electrons. The molecule has 3 aromatic rings. The molecule has 1 aromatic carbocycles. The second-order valence-electron chi connectivity index (χ2n) is 6.53. The van der Waals surface area contributed by atoms with Gasteiger partial charge in [0.15, 0.2) is 12.4 Å². The van der Waals surface area contributed by atoms with E-state index >= 15 is 0 Å². The lowest BCUT2D eigenvalue weighted by molar-refractivity contribution is -0.123. The molecule has 1 amide bonds. The quantitative estimate of drug-likeness (QED) is 0.481. The van der Waals surface area contributed by atoms with E-state index in [2.05, 4.69) is 31.1 Å². The van der Waals surface area contributed by atoms with E-state index in [4.69, 9.17) is 4.74 Å². The van der Waals surface area contributed by atoms with Gasteiger partial charge in [0.05, 0.1) is 0 Å². The van der Waals surface area contributed by atoms with Gasteiger partial charge in [0, 0.05) is 19.3 Å². The largest absolute Gasteiger partial charge is 0.484 e. The third-order valence-corrected chi connectivity index (χ3v) is 3.94. The summed E-state index contributed by atoms with van der Waals surface area (Å²) in [6, 6.07) is 15.1. The number of aromatic nitrogens is 3. The van der Waals surface area contributed by atoms with E-state index < -0.39 is 0 Å². The lowest BCUT2D eigenvalue weighted by Gasteiger charge is -2.09. The van der Waals surface area contributed by atoms with Crippen molar-refractivity contribution in [2.75, 3.05) is 30.3 Å². The molecule has 0 spiro atoms. The summed E-state index contributed by atoms with van der Waals surface area (Å²) in [4.78, 5) is 16.1. The number of nitrogens with zero attached hydrogens (tertiary/aromatic N) is 3. The minimum absolute atomic E-state index is 0.0172. The average Bonchev–Trinajstić information content (AvgIpc) is 2.73. The maximum atomic E-state index is 11.8. The highest BCUT2D eigenvalue weighted by Crippen LogP contribution is 2.13. The molecule has 2 aromatic heterocycles. The summed E-state index contributed by atoms with van der Waals surface area (Å²) in [6.45, 7) is 4.92. The molecule has 3 rings (SSSR count). The monoisotopic (exact) mass is 392 g/mol. The molecule has 0 aliphatic carbocycles. The van der Waals surface area contributed by atoms with Crippen molar-refractivity contribution in [3.8, 4) is 5.75 Å². The van der Waals surface area contributed by atoms with Crippen molar-refractivity contribution in [1.82, 2.24) is 20.5 Å². The Labute approximate surface area is 169 Å². The van der Waals surface area contributed by atoms with Crippen molar-refractivity contribution < 1.29 is 9.53 Å². The molecule has 29 heavy (non-hydrogen) atoms. The highest BCUT2D eigenvalue weighted by Gasteiger charge is 2.03. The summed E-state index contributed by atoms with van der Waals surface area (Å²) < 4.78 is 5.47. The Hall–Kier alpha value is -3.68. The Kier molecular flexibility index (Phi) is 6.94. The molecular weight excluding hydrogens is 368 g/mol. The Balaban J connectivity index is 1.34. The summed E-state index contributed by atoms with van der Waals surface area (Å²) in [7, 11) is 0. The standard InChI is InChI=1S/C21H24N6O2/c1-15-4-3-5-17(12-15)29-14-21(28)23-11-10-22-19-8-9-20(27-26-19)25-18-7-6-16(2)13-24-18/h3-9,12-13H,10-11,14H2,1-2H3,(H,22,26)(H,23,28)(H,24,25,27). The van der Waals surface area contributed by atoms with E-state index in [1.807, 2.05) is 62.4 Å². The first-order valence-corrected chi connectivity index (χ1v) is 9.32. The number of benzene rings is 1. The fourth-order valence-electron chi connectivity index (χ4n) is 2.46. The van der Waals surface area contributed by atoms with Crippen LogP contribution in [0.25, 0.3) is 0 Å². The van der Waals surface area contributed by atoms with Crippen LogP contribution >= 0.6 is 0 Å². The molecule has 0 saturated carbocycles. The maximum absolute atomic E-state index is 11.8. The van der Waals surface area contributed by atoms with E-state index in [9.17, 15) is 4.79 Å². The van der Waals surface area contributed by atoms with Crippen LogP contribution in [0.5, 0.6) is 5.75 Å². The number of nitrogens with one attached hydrogen (secondary N) is 3. The Morgan fingerprint density at radius 3 is 2.45 bits per heavy atom. The highest BCUT2D eigenvalue weighted by atomic mass is 16.5. The number of carbonyl (C=O) groups is 1. The summed E-state index contributed by atoms with van der Waals surface area (Å²) in [6.07, 6.45) is 1.78. The molecule has 8 nitrogen and oxygen atoms in total. The molecule has 2 heterocycles. The van der Waals surface area contributed by atoms with Gasteiger partial charge in [-0.25, -0.2) is 4.98 Å². The van der Waals surface area contributed by atoms with Gasteiger partial charge in [-0.2, -0.15) is 0 Å². The van der Waals surface area contributed by atoms with Crippen LogP contribution < -0.4 is 20.7 Å². The number of amides is 1. The number of anilines is 3. The molecule has 0 saturated heterocycles. The third kappa shape index (κ3) is 6.76. The number of carbonyl (C=O) groups excluding carboxylic acids is 1. The second-order valence-corrected chi connectivity index (χ2v) is 6.53. The van der Waals surface area contributed by atoms with Gasteiger partial charge in [-0.3, -0.25) is 4.79 Å². The van der Waals surface area contributed by atoms with Crippen LogP contribution in [0.3, 0.4) is 0 Å². The van der Waals surface area contributed by atoms with Gasteiger partial charge in [-0.15, -0.1) is 10.2 Å². The van der Waals surface area contributed by atoms with E-state index in [1.165, 1.54) is 0 Å². The number of aryl methyl sites for hydroxylation is 2. The van der Waals surface area contributed by atoms with Gasteiger partial charge in [0.25, 0.3) is 5.91 Å². The van der Waals surface area contributed by atoms with Crippen molar-refractivity contribution in [2.45, 2.75) is 13.8 Å². The third-order valence-electron chi connectivity index (χ3n) is 3.94. The van der Waals surface area contributed by atoms with Gasteiger partial charge in [-0.1, -0.05) is 18.2 Å². The predicted molar refractivity (Wildman–Crippen MR) is 112 cm³/mol. The van der Waals surface area contributed by atoms with E-state index in [0.717, 1.165) is 11.1 Å². The fraction of sp³-hybridized carbons (Fsp3) is 0.238. The first-order valence-electron chi connectivity index (χ1n) is 9.32. The summed E-state index contributed by atoms with van der Waals surface area (Å²) in [5, 5.41) is 17.2. The molecule has 0 atom stereocenters. The zero-order valence-electron chi connectivity index (χ0n) is 16.5. The summed E-state index contributed by atoms with van der Waals surface area (Å²) in [5.74, 6) is 2.44. The normalized spacial score (nSPS) is 10.3. The first-order chi connectivity index (χ1) is 14.1. The first kappa shape index (κ1) is 20.1. The lowest BCUT2D eigenvalue weighted by atomic mass is 10.2. The molecule has 0 fully saturated rings. The van der Waals surface area contributed by atoms with Crippen molar-refractivity contribution in [3.05, 3.63) is 65.9 Å². The maximum Gasteiger partial charge on any atom is 0.258 e. The van der Waals surface area contributed by atoms with Gasteiger partial charge in [0.1, 0.15) is 17.4 Å². The van der Waals surface area contributed by atoms with Crippen molar-refractivity contribution in [1.29, 1.82) is 0 Å². The van der Waals surface area contributed by atoms with Crippen LogP contribution in [-0.2, 0) is 4.79 Å². The van der Waals surface area contributed by atoms with Crippen molar-refractivity contribution >= 4 is 23.4 Å². The average molecular weight is 392 g/mol. The zero-order valence-corrected chi connectivity index (χ0v) is 16.5. The molecule has 0 bridgehead atoms. The van der Waals surface area contributed by atoms with Gasteiger partial charge < -0.3 is 20.7 Å². The van der Waals surface area contributed by atoms with Crippen LogP contribution in [0, 0.1) is 13.8 Å². The van der Waals surface area contributed by atoms with Gasteiger partial charge in [0.2, 0.25) is 0 Å². The molecule has 3 N–H and O–H groups in total. The zero-order chi connectivity index (χ0) is 20.5. The molecule has 0 aliphatic heterocycles. The Morgan fingerprint density at radius 1 is 0.931 bits per heavy atom. The van der Waals surface area contributed by atoms with E-state index in [1.54, 1.807) is 6.20 Å². The summed E-state index contributed by atoms with van der Waals surface area (Å²) >= 11 is 0. The van der Waals surface area contributed by atoms with Gasteiger partial charge in [-0.05, 0) is 55.3 Å². The fourth-order valence-corrected chi connectivity index (χ4v) is 2.46. The minimum Gasteiger partial charge on any atom is -0.484 e. The topological polar surface area (TPSA) is 101 Å². The molecule has 0 radical (unpaired) electrons. The number of rotatable bonds is 9. The van der Waals surface area contributed by atoms with E-state index in [-0.39, 0.29) is 12.5 Å². The van der Waals surface area contributed by atoms with Crippen LogP contribution in [0.4, 0.5) is 17.5 Å². The second kappa shape index (κ2) is 10.0. The Bertz CT molecular complexity index is 929. The van der Waals surface area contributed by atoms with Gasteiger partial charge >= 0.3 is 0 Å².